The van der Waals surface area contributed by atoms with Crippen LogP contribution in [0, 0.1) is 20.8 Å². The number of rotatable bonds is 6. The molecule has 0 aliphatic heterocycles. The van der Waals surface area contributed by atoms with E-state index in [-0.39, 0.29) is 0 Å². The van der Waals surface area contributed by atoms with Gasteiger partial charge >= 0.3 is 0 Å². The fourth-order valence-corrected chi connectivity index (χ4v) is 4.44. The van der Waals surface area contributed by atoms with Crippen LogP contribution in [0.3, 0.4) is 0 Å². The molecule has 30 heavy (non-hydrogen) atoms. The van der Waals surface area contributed by atoms with Gasteiger partial charge in [0.1, 0.15) is 5.75 Å². The van der Waals surface area contributed by atoms with Crippen LogP contribution in [0.4, 0.5) is 10.8 Å². The number of hydrogen-bond acceptors (Lipinski definition) is 5. The molecule has 2 heterocycles. The van der Waals surface area contributed by atoms with Crippen molar-refractivity contribution < 1.29 is 4.74 Å². The summed E-state index contributed by atoms with van der Waals surface area (Å²) in [5, 5.41) is 5.06. The van der Waals surface area contributed by atoms with E-state index in [2.05, 4.69) is 22.4 Å². The van der Waals surface area contributed by atoms with Crippen LogP contribution >= 0.6 is 22.9 Å². The maximum absolute atomic E-state index is 6.28. The summed E-state index contributed by atoms with van der Waals surface area (Å²) in [5.74, 6) is 0.764. The normalized spacial score (nSPS) is 11.0. The highest BCUT2D eigenvalue weighted by atomic mass is 35.5. The van der Waals surface area contributed by atoms with Gasteiger partial charge < -0.3 is 14.6 Å². The van der Waals surface area contributed by atoms with Crippen molar-refractivity contribution in [1.82, 2.24) is 14.5 Å². The number of thiazole rings is 1. The summed E-state index contributed by atoms with van der Waals surface area (Å²) in [5.41, 5.74) is 6.12. The van der Waals surface area contributed by atoms with Crippen molar-refractivity contribution in [2.24, 2.45) is 0 Å². The van der Waals surface area contributed by atoms with Gasteiger partial charge in [-0.05, 0) is 50.1 Å². The molecule has 4 aromatic rings. The van der Waals surface area contributed by atoms with Crippen LogP contribution in [0.2, 0.25) is 5.02 Å². The molecule has 0 radical (unpaired) electrons. The molecule has 0 unspecified atom stereocenters. The lowest BCUT2D eigenvalue weighted by Crippen LogP contribution is -1.97. The van der Waals surface area contributed by atoms with E-state index in [4.69, 9.17) is 21.3 Å². The smallest absolute Gasteiger partial charge is 0.187 e. The third kappa shape index (κ3) is 4.35. The number of ether oxygens (including phenoxy) is 1. The Morgan fingerprint density at radius 3 is 2.67 bits per heavy atom. The number of nitrogens with zero attached hydrogens (tertiary/aromatic N) is 3. The summed E-state index contributed by atoms with van der Waals surface area (Å²) in [6.45, 7) is 6.02. The molecule has 2 aromatic carbocycles. The van der Waals surface area contributed by atoms with Crippen molar-refractivity contribution in [3.8, 4) is 11.4 Å². The van der Waals surface area contributed by atoms with E-state index in [9.17, 15) is 0 Å². The monoisotopic (exact) mass is 438 g/mol. The molecule has 0 fully saturated rings. The van der Waals surface area contributed by atoms with Gasteiger partial charge in [-0.1, -0.05) is 23.7 Å². The van der Waals surface area contributed by atoms with Crippen LogP contribution < -0.4 is 10.1 Å². The minimum atomic E-state index is 0.764. The minimum Gasteiger partial charge on any atom is -0.494 e. The predicted octanol–water partition coefficient (Wildman–Crippen LogP) is 6.25. The van der Waals surface area contributed by atoms with E-state index in [1.165, 1.54) is 10.4 Å². The predicted molar refractivity (Wildman–Crippen MR) is 124 cm³/mol. The number of aryl methyl sites for hydroxylation is 3. The summed E-state index contributed by atoms with van der Waals surface area (Å²) in [7, 11) is 1.67. The van der Waals surface area contributed by atoms with Crippen molar-refractivity contribution in [3.05, 3.63) is 81.3 Å². The van der Waals surface area contributed by atoms with Crippen molar-refractivity contribution in [3.63, 3.8) is 0 Å². The molecule has 0 saturated heterocycles. The second kappa shape index (κ2) is 8.50. The van der Waals surface area contributed by atoms with E-state index >= 15 is 0 Å². The summed E-state index contributed by atoms with van der Waals surface area (Å²) in [6, 6.07) is 12.2. The highest BCUT2D eigenvalue weighted by Crippen LogP contribution is 2.32. The SMILES string of the molecule is COc1cc(Nc2nc(C)c(Cc3ccc(C)c(Cl)c3)s2)ccc1-n1cnc(C)c1. The molecule has 0 amide bonds. The molecule has 0 aliphatic rings. The molecule has 5 nitrogen and oxygen atoms in total. The van der Waals surface area contributed by atoms with E-state index < -0.39 is 0 Å². The number of benzene rings is 2. The molecule has 2 aromatic heterocycles. The molecule has 0 atom stereocenters. The van der Waals surface area contributed by atoms with Crippen molar-refractivity contribution in [2.75, 3.05) is 12.4 Å². The number of nitrogens with one attached hydrogen (secondary N) is 1. The third-order valence-corrected chi connectivity index (χ3v) is 6.39. The Morgan fingerprint density at radius 2 is 1.97 bits per heavy atom. The summed E-state index contributed by atoms with van der Waals surface area (Å²) >= 11 is 7.93. The maximum Gasteiger partial charge on any atom is 0.187 e. The van der Waals surface area contributed by atoms with Gasteiger partial charge in [-0.2, -0.15) is 0 Å². The van der Waals surface area contributed by atoms with Crippen LogP contribution in [0.25, 0.3) is 5.69 Å². The van der Waals surface area contributed by atoms with Gasteiger partial charge in [0, 0.05) is 34.3 Å². The van der Waals surface area contributed by atoms with E-state index in [1.54, 1.807) is 24.8 Å². The Balaban J connectivity index is 1.54. The molecule has 0 spiro atoms. The fraction of sp³-hybridized carbons (Fsp3) is 0.217. The zero-order valence-corrected chi connectivity index (χ0v) is 18.9. The number of anilines is 2. The highest BCUT2D eigenvalue weighted by molar-refractivity contribution is 7.15. The van der Waals surface area contributed by atoms with Gasteiger partial charge in [0.15, 0.2) is 5.13 Å². The van der Waals surface area contributed by atoms with Crippen molar-refractivity contribution in [1.29, 1.82) is 0 Å². The molecule has 0 bridgehead atoms. The zero-order valence-electron chi connectivity index (χ0n) is 17.4. The van der Waals surface area contributed by atoms with Crippen LogP contribution in [0.5, 0.6) is 5.75 Å². The molecule has 154 valence electrons. The van der Waals surface area contributed by atoms with Gasteiger partial charge in [0.2, 0.25) is 0 Å². The lowest BCUT2D eigenvalue weighted by Gasteiger charge is -2.11. The van der Waals surface area contributed by atoms with Gasteiger partial charge in [0.05, 0.1) is 30.5 Å². The number of halogens is 1. The van der Waals surface area contributed by atoms with Crippen LogP contribution in [0.15, 0.2) is 48.9 Å². The number of methoxy groups -OCH3 is 1. The molecular weight excluding hydrogens is 416 g/mol. The maximum atomic E-state index is 6.28. The first kappa shape index (κ1) is 20.4. The molecular formula is C23H23ClN4OS. The summed E-state index contributed by atoms with van der Waals surface area (Å²) in [4.78, 5) is 10.2. The average molecular weight is 439 g/mol. The minimum absolute atomic E-state index is 0.764. The first-order chi connectivity index (χ1) is 14.4. The van der Waals surface area contributed by atoms with Crippen molar-refractivity contribution >= 4 is 33.8 Å². The Hall–Kier alpha value is -2.83. The first-order valence-corrected chi connectivity index (χ1v) is 10.8. The average Bonchev–Trinajstić information content (AvgIpc) is 3.30. The number of aromatic nitrogens is 3. The molecule has 1 N–H and O–H groups in total. The second-order valence-corrected chi connectivity index (χ2v) is 8.71. The first-order valence-electron chi connectivity index (χ1n) is 9.60. The quantitative estimate of drug-likeness (QED) is 0.386. The van der Waals surface area contributed by atoms with Gasteiger partial charge in [-0.25, -0.2) is 9.97 Å². The van der Waals surface area contributed by atoms with Gasteiger partial charge in [0.25, 0.3) is 0 Å². The van der Waals surface area contributed by atoms with Gasteiger partial charge in [-0.15, -0.1) is 11.3 Å². The Bertz CT molecular complexity index is 1200. The third-order valence-electron chi connectivity index (χ3n) is 4.91. The van der Waals surface area contributed by atoms with E-state index in [0.29, 0.717) is 0 Å². The molecule has 4 rings (SSSR count). The number of hydrogen-bond donors (Lipinski definition) is 1. The Morgan fingerprint density at radius 1 is 1.13 bits per heavy atom. The van der Waals surface area contributed by atoms with Crippen LogP contribution in [-0.2, 0) is 6.42 Å². The largest absolute Gasteiger partial charge is 0.494 e. The topological polar surface area (TPSA) is 52.0 Å². The Labute approximate surface area is 185 Å². The van der Waals surface area contributed by atoms with E-state index in [0.717, 1.165) is 50.7 Å². The highest BCUT2D eigenvalue weighted by Gasteiger charge is 2.12. The number of imidazole rings is 1. The summed E-state index contributed by atoms with van der Waals surface area (Å²) in [6.07, 6.45) is 4.57. The van der Waals surface area contributed by atoms with E-state index in [1.807, 2.05) is 55.8 Å². The standard InChI is InChI=1S/C23H23ClN4OS/c1-14-5-6-17(9-19(14)24)10-22-16(3)26-23(30-22)27-18-7-8-20(21(11-18)29-4)28-12-15(2)25-13-28/h5-9,11-13H,10H2,1-4H3,(H,26,27). The lowest BCUT2D eigenvalue weighted by molar-refractivity contribution is 0.413. The van der Waals surface area contributed by atoms with Gasteiger partial charge in [-0.3, -0.25) is 0 Å². The van der Waals surface area contributed by atoms with Crippen LogP contribution in [0.1, 0.15) is 27.4 Å². The molecule has 0 saturated carbocycles. The molecule has 7 heteroatoms. The summed E-state index contributed by atoms with van der Waals surface area (Å²) < 4.78 is 7.55. The fourth-order valence-electron chi connectivity index (χ4n) is 3.22. The lowest BCUT2D eigenvalue weighted by atomic mass is 10.1. The second-order valence-electron chi connectivity index (χ2n) is 7.22. The van der Waals surface area contributed by atoms with Crippen LogP contribution in [-0.4, -0.2) is 21.6 Å². The Kier molecular flexibility index (Phi) is 5.79. The van der Waals surface area contributed by atoms with Crippen molar-refractivity contribution in [2.45, 2.75) is 27.2 Å². The molecule has 0 aliphatic carbocycles. The zero-order chi connectivity index (χ0) is 21.3.